The Bertz CT molecular complexity index is 1190. The highest BCUT2D eigenvalue weighted by molar-refractivity contribution is 8.18. The Morgan fingerprint density at radius 1 is 0.971 bits per heavy atom. The Morgan fingerprint density at radius 3 is 2.24 bits per heavy atom. The number of halogens is 1. The van der Waals surface area contributed by atoms with Gasteiger partial charge in [-0.15, -0.1) is 0 Å². The van der Waals surface area contributed by atoms with E-state index in [9.17, 15) is 4.79 Å². The molecule has 4 rings (SSSR count). The zero-order valence-corrected chi connectivity index (χ0v) is 21.1. The van der Waals surface area contributed by atoms with E-state index in [-0.39, 0.29) is 5.91 Å². The highest BCUT2D eigenvalue weighted by Crippen LogP contribution is 2.35. The van der Waals surface area contributed by atoms with Gasteiger partial charge in [0.1, 0.15) is 5.75 Å². The van der Waals surface area contributed by atoms with Gasteiger partial charge in [0.05, 0.1) is 30.9 Å². The van der Waals surface area contributed by atoms with E-state index in [1.54, 1.807) is 30.9 Å². The first-order valence-corrected chi connectivity index (χ1v) is 12.5. The number of carbonyl (C=O) groups excluding carboxylic acids is 1. The summed E-state index contributed by atoms with van der Waals surface area (Å²) in [5.74, 6) is 0.683. The lowest BCUT2D eigenvalue weighted by Crippen LogP contribution is -2.32. The minimum absolute atomic E-state index is 0.0751. The third kappa shape index (κ3) is 6.24. The number of carbonyl (C=O) groups is 1. The number of methoxy groups -OCH3 is 2. The molecule has 0 radical (unpaired) electrons. The van der Waals surface area contributed by atoms with Crippen LogP contribution in [0.4, 0.5) is 5.69 Å². The Hall–Kier alpha value is -2.71. The van der Waals surface area contributed by atoms with Gasteiger partial charge in [-0.25, -0.2) is 4.99 Å². The van der Waals surface area contributed by atoms with E-state index >= 15 is 0 Å². The number of ether oxygens (including phenoxy) is 2. The molecule has 3 aromatic rings. The van der Waals surface area contributed by atoms with Gasteiger partial charge in [0, 0.05) is 21.9 Å². The Kier molecular flexibility index (Phi) is 8.34. The molecule has 0 N–H and O–H groups in total. The van der Waals surface area contributed by atoms with Gasteiger partial charge in [0.2, 0.25) is 0 Å². The van der Waals surface area contributed by atoms with E-state index in [0.717, 1.165) is 31.8 Å². The molecule has 1 saturated heterocycles. The quantitative estimate of drug-likeness (QED) is 0.314. The lowest BCUT2D eigenvalue weighted by atomic mass is 10.2. The average molecular weight is 511 g/mol. The maximum Gasteiger partial charge on any atom is 0.266 e. The van der Waals surface area contributed by atoms with Crippen molar-refractivity contribution in [3.8, 4) is 5.75 Å². The number of nitrogens with zero attached hydrogens (tertiary/aromatic N) is 2. The summed E-state index contributed by atoms with van der Waals surface area (Å²) in [5, 5.41) is 1.35. The molecule has 1 heterocycles. The fourth-order valence-electron chi connectivity index (χ4n) is 3.16. The minimum atomic E-state index is -0.0751. The Morgan fingerprint density at radius 2 is 1.62 bits per heavy atom. The van der Waals surface area contributed by atoms with Crippen LogP contribution >= 0.6 is 35.1 Å². The van der Waals surface area contributed by atoms with Crippen molar-refractivity contribution in [1.82, 2.24) is 4.90 Å². The van der Waals surface area contributed by atoms with Crippen molar-refractivity contribution in [2.24, 2.45) is 4.99 Å². The minimum Gasteiger partial charge on any atom is -0.497 e. The summed E-state index contributed by atoms with van der Waals surface area (Å²) >= 11 is 8.99. The number of amidine groups is 1. The Labute approximate surface area is 212 Å². The molecule has 5 nitrogen and oxygen atoms in total. The van der Waals surface area contributed by atoms with Gasteiger partial charge < -0.3 is 9.47 Å². The number of aliphatic imine (C=N–C) groups is 1. The first kappa shape index (κ1) is 24.4. The number of benzene rings is 3. The predicted molar refractivity (Wildman–Crippen MR) is 141 cm³/mol. The summed E-state index contributed by atoms with van der Waals surface area (Å²) in [6.07, 6.45) is 1.90. The van der Waals surface area contributed by atoms with Gasteiger partial charge in [-0.2, -0.15) is 0 Å². The fraction of sp³-hybridized carbons (Fsp3) is 0.154. The van der Waals surface area contributed by atoms with Crippen LogP contribution in [0.25, 0.3) is 6.08 Å². The van der Waals surface area contributed by atoms with E-state index in [0.29, 0.717) is 23.2 Å². The van der Waals surface area contributed by atoms with E-state index < -0.39 is 0 Å². The second kappa shape index (κ2) is 11.6. The second-order valence-corrected chi connectivity index (χ2v) is 9.87. The van der Waals surface area contributed by atoms with E-state index in [2.05, 4.69) is 0 Å². The number of hydrogen-bond acceptors (Lipinski definition) is 6. The molecule has 1 aliphatic heterocycles. The van der Waals surface area contributed by atoms with Crippen molar-refractivity contribution in [3.05, 3.63) is 88.3 Å². The smallest absolute Gasteiger partial charge is 0.266 e. The third-order valence-corrected chi connectivity index (χ3v) is 7.21. The molecule has 0 aromatic heterocycles. The summed E-state index contributed by atoms with van der Waals surface area (Å²) in [6, 6.07) is 23.3. The van der Waals surface area contributed by atoms with Crippen molar-refractivity contribution >= 4 is 58.0 Å². The van der Waals surface area contributed by atoms with Crippen LogP contribution in [-0.2, 0) is 9.53 Å². The highest BCUT2D eigenvalue weighted by Gasteiger charge is 2.33. The molecule has 1 amide bonds. The van der Waals surface area contributed by atoms with Gasteiger partial charge in [-0.1, -0.05) is 35.5 Å². The average Bonchev–Trinajstić information content (AvgIpc) is 3.14. The van der Waals surface area contributed by atoms with Crippen LogP contribution in [-0.4, -0.2) is 43.3 Å². The first-order valence-electron chi connectivity index (χ1n) is 10.5. The van der Waals surface area contributed by atoms with Crippen molar-refractivity contribution in [2.75, 3.05) is 27.4 Å². The van der Waals surface area contributed by atoms with Gasteiger partial charge in [0.25, 0.3) is 5.91 Å². The molecule has 0 unspecified atom stereocenters. The normalized spacial score (nSPS) is 16.0. The summed E-state index contributed by atoms with van der Waals surface area (Å²) in [7, 11) is 3.24. The molecule has 0 saturated carbocycles. The van der Waals surface area contributed by atoms with E-state index in [1.165, 1.54) is 11.8 Å². The molecule has 0 aliphatic carbocycles. The monoisotopic (exact) mass is 510 g/mol. The van der Waals surface area contributed by atoms with Gasteiger partial charge >= 0.3 is 0 Å². The molecular weight excluding hydrogens is 488 g/mol. The van der Waals surface area contributed by atoms with Crippen LogP contribution in [0.2, 0.25) is 5.02 Å². The number of amides is 1. The van der Waals surface area contributed by atoms with Crippen molar-refractivity contribution in [3.63, 3.8) is 0 Å². The predicted octanol–water partition coefficient (Wildman–Crippen LogP) is 6.75. The van der Waals surface area contributed by atoms with Crippen molar-refractivity contribution in [1.29, 1.82) is 0 Å². The van der Waals surface area contributed by atoms with Crippen LogP contribution in [0.3, 0.4) is 0 Å². The highest BCUT2D eigenvalue weighted by atomic mass is 35.5. The van der Waals surface area contributed by atoms with Crippen molar-refractivity contribution < 1.29 is 14.3 Å². The molecule has 34 heavy (non-hydrogen) atoms. The molecule has 174 valence electrons. The van der Waals surface area contributed by atoms with Crippen LogP contribution in [0, 0.1) is 0 Å². The largest absolute Gasteiger partial charge is 0.497 e. The maximum atomic E-state index is 13.1. The molecule has 0 spiro atoms. The summed E-state index contributed by atoms with van der Waals surface area (Å²) < 4.78 is 10.4. The van der Waals surface area contributed by atoms with Crippen LogP contribution in [0.15, 0.2) is 92.5 Å². The molecule has 0 atom stereocenters. The molecular formula is C26H23ClN2O3S2. The fourth-order valence-corrected chi connectivity index (χ4v) is 5.13. The van der Waals surface area contributed by atoms with Crippen LogP contribution < -0.4 is 4.74 Å². The zero-order valence-electron chi connectivity index (χ0n) is 18.7. The zero-order chi connectivity index (χ0) is 23.9. The molecule has 1 fully saturated rings. The number of hydrogen-bond donors (Lipinski definition) is 0. The topological polar surface area (TPSA) is 51.1 Å². The first-order chi connectivity index (χ1) is 16.6. The Balaban J connectivity index is 1.52. The summed E-state index contributed by atoms with van der Waals surface area (Å²) in [5.41, 5.74) is 1.71. The molecule has 3 aromatic carbocycles. The lowest BCUT2D eigenvalue weighted by Gasteiger charge is -2.14. The van der Waals surface area contributed by atoms with Crippen molar-refractivity contribution in [2.45, 2.75) is 9.79 Å². The van der Waals surface area contributed by atoms with E-state index in [4.69, 9.17) is 26.1 Å². The van der Waals surface area contributed by atoms with Gasteiger partial charge in [-0.05, 0) is 84.1 Å². The summed E-state index contributed by atoms with van der Waals surface area (Å²) in [6.45, 7) is 0.864. The SMILES string of the molecule is COCCN1C(=O)/C(=C/c2ccc(Sc3ccc(Cl)cc3)cc2)SC1=Nc1ccc(OC)cc1. The third-order valence-electron chi connectivity index (χ3n) is 4.93. The molecule has 8 heteroatoms. The van der Waals surface area contributed by atoms with Gasteiger partial charge in [-0.3, -0.25) is 9.69 Å². The maximum absolute atomic E-state index is 13.1. The number of thioether (sulfide) groups is 1. The van der Waals surface area contributed by atoms with Crippen LogP contribution in [0.5, 0.6) is 5.75 Å². The summed E-state index contributed by atoms with van der Waals surface area (Å²) in [4.78, 5) is 22.3. The standard InChI is InChI=1S/C26H23ClN2O3S2/c1-31-16-15-29-25(30)24(34-26(29)28-20-7-9-21(32-2)10-8-20)17-18-3-11-22(12-4-18)33-23-13-5-19(27)6-14-23/h3-14,17H,15-16H2,1-2H3/b24-17-,28-26?. The second-order valence-electron chi connectivity index (χ2n) is 7.28. The molecule has 0 bridgehead atoms. The number of rotatable bonds is 8. The lowest BCUT2D eigenvalue weighted by molar-refractivity contribution is -0.122. The van der Waals surface area contributed by atoms with Crippen LogP contribution in [0.1, 0.15) is 5.56 Å². The molecule has 1 aliphatic rings. The van der Waals surface area contributed by atoms with E-state index in [1.807, 2.05) is 78.9 Å². The van der Waals surface area contributed by atoms with Gasteiger partial charge in [0.15, 0.2) is 5.17 Å².